The van der Waals surface area contributed by atoms with Crippen LogP contribution in [0.2, 0.25) is 0 Å². The summed E-state index contributed by atoms with van der Waals surface area (Å²) in [7, 11) is 0. The fourth-order valence-corrected chi connectivity index (χ4v) is 2.52. The van der Waals surface area contributed by atoms with E-state index in [1.807, 2.05) is 6.07 Å². The number of hydrogen-bond donors (Lipinski definition) is 1. The van der Waals surface area contributed by atoms with Crippen LogP contribution in [0, 0.1) is 5.82 Å². The second-order valence-corrected chi connectivity index (χ2v) is 5.46. The van der Waals surface area contributed by atoms with E-state index >= 15 is 0 Å². The lowest BCUT2D eigenvalue weighted by atomic mass is 10.2. The molecule has 0 saturated heterocycles. The van der Waals surface area contributed by atoms with Gasteiger partial charge in [-0.1, -0.05) is 12.1 Å². The fourth-order valence-electron chi connectivity index (χ4n) is 2.52. The van der Waals surface area contributed by atoms with Crippen molar-refractivity contribution < 1.29 is 9.18 Å². The number of halogens is 1. The molecule has 124 valence electrons. The van der Waals surface area contributed by atoms with E-state index in [2.05, 4.69) is 20.5 Å². The van der Waals surface area contributed by atoms with E-state index in [1.54, 1.807) is 35.4 Å². The fraction of sp³-hybridized carbons (Fsp3) is 0.0588. The minimum absolute atomic E-state index is 0.293. The van der Waals surface area contributed by atoms with E-state index < -0.39 is 0 Å². The van der Waals surface area contributed by atoms with Gasteiger partial charge in [-0.2, -0.15) is 10.2 Å². The van der Waals surface area contributed by atoms with Crippen molar-refractivity contribution in [1.29, 1.82) is 0 Å². The van der Waals surface area contributed by atoms with Crippen molar-refractivity contribution in [1.82, 2.24) is 24.4 Å². The molecule has 0 spiro atoms. The summed E-state index contributed by atoms with van der Waals surface area (Å²) >= 11 is 0. The van der Waals surface area contributed by atoms with E-state index in [0.29, 0.717) is 23.4 Å². The van der Waals surface area contributed by atoms with Gasteiger partial charge < -0.3 is 5.32 Å². The Bertz CT molecular complexity index is 1050. The molecule has 0 bridgehead atoms. The Balaban J connectivity index is 1.50. The summed E-state index contributed by atoms with van der Waals surface area (Å²) in [6.07, 6.45) is 8.01. The van der Waals surface area contributed by atoms with E-state index in [9.17, 15) is 9.18 Å². The molecule has 0 aliphatic rings. The van der Waals surface area contributed by atoms with Crippen LogP contribution in [-0.4, -0.2) is 30.3 Å². The summed E-state index contributed by atoms with van der Waals surface area (Å²) in [6.45, 7) is 0.409. The predicted molar refractivity (Wildman–Crippen MR) is 88.7 cm³/mol. The number of anilines is 1. The zero-order valence-corrected chi connectivity index (χ0v) is 13.0. The van der Waals surface area contributed by atoms with Crippen LogP contribution in [0.25, 0.3) is 5.65 Å². The summed E-state index contributed by atoms with van der Waals surface area (Å²) in [5, 5.41) is 11.0. The van der Waals surface area contributed by atoms with Crippen LogP contribution in [-0.2, 0) is 6.54 Å². The molecule has 0 fully saturated rings. The third-order valence-electron chi connectivity index (χ3n) is 3.65. The molecule has 25 heavy (non-hydrogen) atoms. The SMILES string of the molecule is O=C(Nc1cnn(Cc2cccc(F)c2)c1)c1cnn2cccnc12. The van der Waals surface area contributed by atoms with Gasteiger partial charge in [-0.3, -0.25) is 9.48 Å². The van der Waals surface area contributed by atoms with Gasteiger partial charge in [0.15, 0.2) is 5.65 Å². The first-order valence-electron chi connectivity index (χ1n) is 7.56. The Morgan fingerprint density at radius 1 is 1.20 bits per heavy atom. The summed E-state index contributed by atoms with van der Waals surface area (Å²) in [6, 6.07) is 8.04. The molecule has 0 saturated carbocycles. The monoisotopic (exact) mass is 336 g/mol. The van der Waals surface area contributed by atoms with Gasteiger partial charge in [0.2, 0.25) is 0 Å². The number of hydrogen-bond acceptors (Lipinski definition) is 4. The molecular formula is C17H13FN6O. The van der Waals surface area contributed by atoms with Gasteiger partial charge in [-0.25, -0.2) is 13.9 Å². The average molecular weight is 336 g/mol. The average Bonchev–Trinajstić information content (AvgIpc) is 3.21. The van der Waals surface area contributed by atoms with Crippen LogP contribution in [0.15, 0.2) is 61.3 Å². The smallest absolute Gasteiger partial charge is 0.261 e. The van der Waals surface area contributed by atoms with Crippen LogP contribution in [0.5, 0.6) is 0 Å². The molecule has 3 aromatic heterocycles. The van der Waals surface area contributed by atoms with Crippen LogP contribution in [0.3, 0.4) is 0 Å². The van der Waals surface area contributed by atoms with Crippen molar-refractivity contribution in [3.8, 4) is 0 Å². The van der Waals surface area contributed by atoms with Crippen LogP contribution < -0.4 is 5.32 Å². The standard InChI is InChI=1S/C17H13FN6O/c18-13-4-1-3-12(7-13)10-23-11-14(8-20-23)22-17(25)15-9-21-24-6-2-5-19-16(15)24/h1-9,11H,10H2,(H,22,25). The van der Waals surface area contributed by atoms with Crippen molar-refractivity contribution >= 4 is 17.2 Å². The predicted octanol–water partition coefficient (Wildman–Crippen LogP) is 2.37. The molecule has 4 aromatic rings. The van der Waals surface area contributed by atoms with E-state index in [1.165, 1.54) is 29.0 Å². The van der Waals surface area contributed by atoms with Gasteiger partial charge in [0.25, 0.3) is 5.91 Å². The Morgan fingerprint density at radius 3 is 3.00 bits per heavy atom. The lowest BCUT2D eigenvalue weighted by molar-refractivity contribution is 0.102. The number of nitrogens with one attached hydrogen (secondary N) is 1. The molecule has 1 aromatic carbocycles. The number of rotatable bonds is 4. The van der Waals surface area contributed by atoms with Crippen molar-refractivity contribution in [3.63, 3.8) is 0 Å². The van der Waals surface area contributed by atoms with Gasteiger partial charge >= 0.3 is 0 Å². The molecule has 1 N–H and O–H groups in total. The molecule has 0 radical (unpaired) electrons. The minimum Gasteiger partial charge on any atom is -0.319 e. The van der Waals surface area contributed by atoms with Gasteiger partial charge in [-0.15, -0.1) is 0 Å². The first-order chi connectivity index (χ1) is 12.2. The van der Waals surface area contributed by atoms with Gasteiger partial charge in [0.1, 0.15) is 11.4 Å². The number of carbonyl (C=O) groups excluding carboxylic acids is 1. The molecular weight excluding hydrogens is 323 g/mol. The number of nitrogens with zero attached hydrogens (tertiary/aromatic N) is 5. The number of aromatic nitrogens is 5. The normalized spacial score (nSPS) is 10.9. The molecule has 0 atom stereocenters. The zero-order chi connectivity index (χ0) is 17.2. The number of fused-ring (bicyclic) bond motifs is 1. The Morgan fingerprint density at radius 2 is 2.12 bits per heavy atom. The quantitative estimate of drug-likeness (QED) is 0.621. The molecule has 0 aliphatic carbocycles. The van der Waals surface area contributed by atoms with Crippen LogP contribution in [0.1, 0.15) is 15.9 Å². The van der Waals surface area contributed by atoms with Gasteiger partial charge in [0.05, 0.1) is 24.6 Å². The third kappa shape index (κ3) is 3.09. The van der Waals surface area contributed by atoms with Gasteiger partial charge in [0, 0.05) is 18.6 Å². The highest BCUT2D eigenvalue weighted by atomic mass is 19.1. The Kier molecular flexibility index (Phi) is 3.70. The maximum Gasteiger partial charge on any atom is 0.261 e. The molecule has 1 amide bonds. The second kappa shape index (κ2) is 6.16. The van der Waals surface area contributed by atoms with Crippen molar-refractivity contribution in [2.75, 3.05) is 5.32 Å². The lowest BCUT2D eigenvalue weighted by Gasteiger charge is -2.02. The van der Waals surface area contributed by atoms with Crippen LogP contribution >= 0.6 is 0 Å². The van der Waals surface area contributed by atoms with Gasteiger partial charge in [-0.05, 0) is 23.8 Å². The highest BCUT2D eigenvalue weighted by Crippen LogP contribution is 2.13. The first kappa shape index (κ1) is 15.0. The number of carbonyl (C=O) groups is 1. The zero-order valence-electron chi connectivity index (χ0n) is 13.0. The number of benzene rings is 1. The summed E-state index contributed by atoms with van der Waals surface area (Å²) in [5.74, 6) is -0.613. The topological polar surface area (TPSA) is 77.1 Å². The maximum absolute atomic E-state index is 13.2. The number of amides is 1. The van der Waals surface area contributed by atoms with Crippen molar-refractivity contribution in [2.24, 2.45) is 0 Å². The largest absolute Gasteiger partial charge is 0.319 e. The molecule has 0 unspecified atom stereocenters. The van der Waals surface area contributed by atoms with E-state index in [-0.39, 0.29) is 11.7 Å². The summed E-state index contributed by atoms with van der Waals surface area (Å²) < 4.78 is 16.4. The highest BCUT2D eigenvalue weighted by molar-refractivity contribution is 6.07. The van der Waals surface area contributed by atoms with E-state index in [4.69, 9.17) is 0 Å². The first-order valence-corrected chi connectivity index (χ1v) is 7.56. The molecule has 0 aliphatic heterocycles. The maximum atomic E-state index is 13.2. The van der Waals surface area contributed by atoms with Crippen LogP contribution in [0.4, 0.5) is 10.1 Å². The second-order valence-electron chi connectivity index (χ2n) is 5.46. The lowest BCUT2D eigenvalue weighted by Crippen LogP contribution is -2.11. The molecule has 3 heterocycles. The Labute approximate surface area is 141 Å². The molecule has 4 rings (SSSR count). The summed E-state index contributed by atoms with van der Waals surface area (Å²) in [4.78, 5) is 16.6. The Hall–Kier alpha value is -3.55. The third-order valence-corrected chi connectivity index (χ3v) is 3.65. The minimum atomic E-state index is -0.320. The highest BCUT2D eigenvalue weighted by Gasteiger charge is 2.14. The molecule has 8 heteroatoms. The van der Waals surface area contributed by atoms with Crippen molar-refractivity contribution in [2.45, 2.75) is 6.54 Å². The molecule has 7 nitrogen and oxygen atoms in total. The van der Waals surface area contributed by atoms with Crippen molar-refractivity contribution in [3.05, 3.63) is 78.3 Å². The van der Waals surface area contributed by atoms with E-state index in [0.717, 1.165) is 5.56 Å². The summed E-state index contributed by atoms with van der Waals surface area (Å²) in [5.41, 5.74) is 2.18.